The van der Waals surface area contributed by atoms with Crippen molar-refractivity contribution >= 4 is 33.8 Å². The lowest BCUT2D eigenvalue weighted by atomic mass is 10.1. The molecule has 2 aromatic carbocycles. The molecule has 0 unspecified atom stereocenters. The molecule has 1 aromatic heterocycles. The van der Waals surface area contributed by atoms with E-state index < -0.39 is 0 Å². The maximum absolute atomic E-state index is 11.9. The molecule has 0 saturated carbocycles. The molecule has 3 aromatic rings. The van der Waals surface area contributed by atoms with Gasteiger partial charge in [-0.15, -0.1) is 0 Å². The zero-order valence-corrected chi connectivity index (χ0v) is 17.4. The maximum Gasteiger partial charge on any atom is 0.338 e. The molecule has 0 aliphatic heterocycles. The Morgan fingerprint density at radius 1 is 1.11 bits per heavy atom. The standard InChI is InChI=1S/C22H21BrN2O2/c1-14-12-17(16(3)25(14)19-10-8-18(23)9-11-19)13-24-21-7-5-6-20(15(21)2)22(26)27-4/h5-13H,1-4H3. The van der Waals surface area contributed by atoms with Crippen molar-refractivity contribution < 1.29 is 9.53 Å². The van der Waals surface area contributed by atoms with Gasteiger partial charge in [0.05, 0.1) is 18.4 Å². The van der Waals surface area contributed by atoms with E-state index in [4.69, 9.17) is 4.74 Å². The molecule has 3 rings (SSSR count). The van der Waals surface area contributed by atoms with Crippen molar-refractivity contribution in [3.05, 3.63) is 81.1 Å². The van der Waals surface area contributed by atoms with E-state index in [1.54, 1.807) is 6.07 Å². The van der Waals surface area contributed by atoms with Gasteiger partial charge in [0, 0.05) is 33.3 Å². The highest BCUT2D eigenvalue weighted by Gasteiger charge is 2.12. The van der Waals surface area contributed by atoms with Crippen LogP contribution in [0, 0.1) is 20.8 Å². The first-order valence-electron chi connectivity index (χ1n) is 8.59. The van der Waals surface area contributed by atoms with E-state index in [0.717, 1.165) is 38.4 Å². The largest absolute Gasteiger partial charge is 0.465 e. The van der Waals surface area contributed by atoms with E-state index in [-0.39, 0.29) is 5.97 Å². The lowest BCUT2D eigenvalue weighted by Crippen LogP contribution is -2.03. The fraction of sp³-hybridized carbons (Fsp3) is 0.182. The number of halogens is 1. The molecule has 5 heteroatoms. The summed E-state index contributed by atoms with van der Waals surface area (Å²) in [6, 6.07) is 15.8. The quantitative estimate of drug-likeness (QED) is 0.398. The predicted molar refractivity (Wildman–Crippen MR) is 113 cm³/mol. The van der Waals surface area contributed by atoms with Crippen molar-refractivity contribution in [1.29, 1.82) is 0 Å². The van der Waals surface area contributed by atoms with Gasteiger partial charge in [0.25, 0.3) is 0 Å². The second-order valence-corrected chi connectivity index (χ2v) is 7.25. The van der Waals surface area contributed by atoms with Gasteiger partial charge in [0.15, 0.2) is 0 Å². The number of aromatic nitrogens is 1. The van der Waals surface area contributed by atoms with Gasteiger partial charge in [0.2, 0.25) is 0 Å². The van der Waals surface area contributed by atoms with Crippen LogP contribution in [-0.4, -0.2) is 23.9 Å². The Kier molecular flexibility index (Phi) is 5.61. The fourth-order valence-electron chi connectivity index (χ4n) is 3.14. The first-order chi connectivity index (χ1) is 12.9. The first-order valence-corrected chi connectivity index (χ1v) is 9.38. The van der Waals surface area contributed by atoms with Crippen LogP contribution in [0.5, 0.6) is 0 Å². The Morgan fingerprint density at radius 3 is 2.48 bits per heavy atom. The molecule has 0 aliphatic carbocycles. The van der Waals surface area contributed by atoms with Crippen LogP contribution in [0.25, 0.3) is 5.69 Å². The Hall–Kier alpha value is -2.66. The molecule has 4 nitrogen and oxygen atoms in total. The molecule has 0 bridgehead atoms. The van der Waals surface area contributed by atoms with Crippen molar-refractivity contribution in [2.45, 2.75) is 20.8 Å². The molecule has 0 radical (unpaired) electrons. The van der Waals surface area contributed by atoms with Crippen molar-refractivity contribution in [3.8, 4) is 5.69 Å². The van der Waals surface area contributed by atoms with Crippen molar-refractivity contribution in [3.63, 3.8) is 0 Å². The lowest BCUT2D eigenvalue weighted by Gasteiger charge is -2.09. The van der Waals surface area contributed by atoms with E-state index in [0.29, 0.717) is 5.56 Å². The summed E-state index contributed by atoms with van der Waals surface area (Å²) in [5, 5.41) is 0. The summed E-state index contributed by atoms with van der Waals surface area (Å²) in [7, 11) is 1.38. The summed E-state index contributed by atoms with van der Waals surface area (Å²) in [5.74, 6) is -0.349. The second kappa shape index (κ2) is 7.92. The van der Waals surface area contributed by atoms with Crippen molar-refractivity contribution in [1.82, 2.24) is 4.57 Å². The molecule has 0 aliphatic rings. The number of methoxy groups -OCH3 is 1. The van der Waals surface area contributed by atoms with Crippen LogP contribution in [0.2, 0.25) is 0 Å². The minimum absolute atomic E-state index is 0.349. The molecule has 138 valence electrons. The van der Waals surface area contributed by atoms with Crippen molar-refractivity contribution in [2.24, 2.45) is 4.99 Å². The number of carbonyl (C=O) groups is 1. The fourth-order valence-corrected chi connectivity index (χ4v) is 3.40. The number of nitrogens with zero attached hydrogens (tertiary/aromatic N) is 2. The van der Waals surface area contributed by atoms with Gasteiger partial charge in [-0.1, -0.05) is 22.0 Å². The van der Waals surface area contributed by atoms with Crippen LogP contribution in [-0.2, 0) is 4.74 Å². The summed E-state index contributed by atoms with van der Waals surface area (Å²) < 4.78 is 8.09. The van der Waals surface area contributed by atoms with Gasteiger partial charge >= 0.3 is 5.97 Å². The molecule has 0 amide bonds. The van der Waals surface area contributed by atoms with Crippen LogP contribution in [0.15, 0.2) is 58.0 Å². The molecular weight excluding hydrogens is 404 g/mol. The molecule has 0 spiro atoms. The molecule has 0 N–H and O–H groups in total. The average molecular weight is 425 g/mol. The minimum Gasteiger partial charge on any atom is -0.465 e. The van der Waals surface area contributed by atoms with Crippen LogP contribution in [0.4, 0.5) is 5.69 Å². The van der Waals surface area contributed by atoms with E-state index >= 15 is 0 Å². The zero-order chi connectivity index (χ0) is 19.6. The Bertz CT molecular complexity index is 1020. The minimum atomic E-state index is -0.349. The number of esters is 1. The number of hydrogen-bond acceptors (Lipinski definition) is 3. The summed E-state index contributed by atoms with van der Waals surface area (Å²) >= 11 is 3.48. The third-order valence-corrected chi connectivity index (χ3v) is 5.14. The second-order valence-electron chi connectivity index (χ2n) is 6.34. The number of carbonyl (C=O) groups excluding carboxylic acids is 1. The molecule has 27 heavy (non-hydrogen) atoms. The van der Waals surface area contributed by atoms with Gasteiger partial charge in [-0.2, -0.15) is 0 Å². The number of aliphatic imine (C=N–C) groups is 1. The Balaban J connectivity index is 1.97. The zero-order valence-electron chi connectivity index (χ0n) is 15.8. The molecule has 1 heterocycles. The first kappa shape index (κ1) is 19.1. The number of aryl methyl sites for hydroxylation is 1. The summed E-state index contributed by atoms with van der Waals surface area (Å²) in [5.41, 5.74) is 6.49. The van der Waals surface area contributed by atoms with E-state index in [9.17, 15) is 4.79 Å². The maximum atomic E-state index is 11.9. The number of hydrogen-bond donors (Lipinski definition) is 0. The summed E-state index contributed by atoms with van der Waals surface area (Å²) in [4.78, 5) is 16.5. The lowest BCUT2D eigenvalue weighted by molar-refractivity contribution is 0.0600. The number of rotatable bonds is 4. The molecular formula is C22H21BrN2O2. The van der Waals surface area contributed by atoms with Crippen LogP contribution < -0.4 is 0 Å². The van der Waals surface area contributed by atoms with E-state index in [1.807, 2.05) is 37.4 Å². The normalized spacial score (nSPS) is 11.1. The molecule has 0 fully saturated rings. The third-order valence-electron chi connectivity index (χ3n) is 4.61. The highest BCUT2D eigenvalue weighted by Crippen LogP contribution is 2.25. The van der Waals surface area contributed by atoms with Gasteiger partial charge in [0.1, 0.15) is 0 Å². The van der Waals surface area contributed by atoms with Gasteiger partial charge in [-0.05, 0) is 68.8 Å². The third kappa shape index (κ3) is 3.88. The van der Waals surface area contributed by atoms with Crippen LogP contribution >= 0.6 is 15.9 Å². The highest BCUT2D eigenvalue weighted by atomic mass is 79.9. The highest BCUT2D eigenvalue weighted by molar-refractivity contribution is 9.10. The van der Waals surface area contributed by atoms with E-state index in [2.05, 4.69) is 57.5 Å². The monoisotopic (exact) mass is 424 g/mol. The van der Waals surface area contributed by atoms with Crippen LogP contribution in [0.3, 0.4) is 0 Å². The van der Waals surface area contributed by atoms with Crippen LogP contribution in [0.1, 0.15) is 32.9 Å². The summed E-state index contributed by atoms with van der Waals surface area (Å²) in [6.07, 6.45) is 1.85. The van der Waals surface area contributed by atoms with Gasteiger partial charge < -0.3 is 9.30 Å². The molecule has 0 saturated heterocycles. The number of ether oxygens (including phenoxy) is 1. The van der Waals surface area contributed by atoms with Gasteiger partial charge in [-0.3, -0.25) is 4.99 Å². The smallest absolute Gasteiger partial charge is 0.338 e. The number of benzene rings is 2. The Morgan fingerprint density at radius 2 is 1.81 bits per heavy atom. The predicted octanol–water partition coefficient (Wildman–Crippen LogP) is 5.70. The van der Waals surface area contributed by atoms with E-state index in [1.165, 1.54) is 7.11 Å². The Labute approximate surface area is 167 Å². The van der Waals surface area contributed by atoms with Crippen molar-refractivity contribution in [2.75, 3.05) is 7.11 Å². The van der Waals surface area contributed by atoms with Gasteiger partial charge in [-0.25, -0.2) is 4.79 Å². The summed E-state index contributed by atoms with van der Waals surface area (Å²) in [6.45, 7) is 6.04. The average Bonchev–Trinajstić information content (AvgIpc) is 2.94. The SMILES string of the molecule is COC(=O)c1cccc(N=Cc2cc(C)n(-c3ccc(Br)cc3)c2C)c1C. The molecule has 0 atom stereocenters. The topological polar surface area (TPSA) is 43.6 Å².